The van der Waals surface area contributed by atoms with Crippen LogP contribution in [0.4, 0.5) is 5.69 Å². The van der Waals surface area contributed by atoms with Crippen LogP contribution in [0.25, 0.3) is 0 Å². The second-order valence-electron chi connectivity index (χ2n) is 7.08. The van der Waals surface area contributed by atoms with Crippen LogP contribution in [0, 0.1) is 6.92 Å². The number of rotatable bonds is 8. The normalized spacial score (nSPS) is 15.6. The van der Waals surface area contributed by atoms with E-state index >= 15 is 0 Å². The number of carbonyl (C=O) groups excluding carboxylic acids is 1. The van der Waals surface area contributed by atoms with Gasteiger partial charge in [0, 0.05) is 13.0 Å². The minimum Gasteiger partial charge on any atom is -0.486 e. The molecule has 0 spiro atoms. The van der Waals surface area contributed by atoms with E-state index in [0.717, 1.165) is 5.56 Å². The van der Waals surface area contributed by atoms with Gasteiger partial charge in [-0.1, -0.05) is 29.8 Å². The number of para-hydroxylation sites is 2. The number of ether oxygens (including phenoxy) is 2. The molecule has 2 aromatic carbocycles. The molecule has 29 heavy (non-hydrogen) atoms. The van der Waals surface area contributed by atoms with Crippen LogP contribution >= 0.6 is 0 Å². The van der Waals surface area contributed by atoms with Crippen molar-refractivity contribution in [3.05, 3.63) is 54.1 Å². The Balaban J connectivity index is 1.45. The van der Waals surface area contributed by atoms with E-state index in [4.69, 9.17) is 9.47 Å². The van der Waals surface area contributed by atoms with E-state index in [2.05, 4.69) is 5.32 Å². The van der Waals surface area contributed by atoms with Gasteiger partial charge in [0.15, 0.2) is 11.5 Å². The summed E-state index contributed by atoms with van der Waals surface area (Å²) >= 11 is 0. The Hall–Kier alpha value is -2.74. The molecule has 0 saturated heterocycles. The van der Waals surface area contributed by atoms with E-state index in [1.807, 2.05) is 43.3 Å². The number of nitrogens with zero attached hydrogens (tertiary/aromatic N) is 1. The standard InChI is InChI=1S/C21H26N2O5S/c1-16-9-11-17(12-10-16)23(29(2,25)26)13-5-8-21(24)22-14-18-15-27-19-6-3-4-7-20(19)28-18/h3-4,6-7,9-12,18H,5,8,13-15H2,1-2H3,(H,22,24)/t18-/m1/s1. The molecule has 7 nitrogen and oxygen atoms in total. The SMILES string of the molecule is Cc1ccc(N(CCCC(=O)NC[C@@H]2COc3ccccc3O2)S(C)(=O)=O)cc1. The lowest BCUT2D eigenvalue weighted by atomic mass is 10.2. The molecule has 0 fully saturated rings. The van der Waals surface area contributed by atoms with Gasteiger partial charge in [-0.25, -0.2) is 8.42 Å². The molecule has 1 atom stereocenters. The van der Waals surface area contributed by atoms with Crippen LogP contribution in [0.2, 0.25) is 0 Å². The van der Waals surface area contributed by atoms with Crippen LogP contribution < -0.4 is 19.1 Å². The molecule has 0 unspecified atom stereocenters. The number of fused-ring (bicyclic) bond motifs is 1. The third-order valence-electron chi connectivity index (χ3n) is 4.58. The zero-order valence-electron chi connectivity index (χ0n) is 16.6. The molecule has 0 aliphatic carbocycles. The molecular formula is C21H26N2O5S. The van der Waals surface area contributed by atoms with E-state index < -0.39 is 10.0 Å². The van der Waals surface area contributed by atoms with E-state index in [9.17, 15) is 13.2 Å². The highest BCUT2D eigenvalue weighted by Gasteiger charge is 2.21. The molecule has 1 aliphatic heterocycles. The average Bonchev–Trinajstić information content (AvgIpc) is 2.69. The maximum atomic E-state index is 12.2. The number of hydrogen-bond donors (Lipinski definition) is 1. The molecule has 0 saturated carbocycles. The number of amides is 1. The van der Waals surface area contributed by atoms with Crippen molar-refractivity contribution in [1.29, 1.82) is 0 Å². The maximum Gasteiger partial charge on any atom is 0.232 e. The van der Waals surface area contributed by atoms with Gasteiger partial charge in [0.2, 0.25) is 15.9 Å². The molecule has 2 aromatic rings. The van der Waals surface area contributed by atoms with Crippen LogP contribution in [-0.2, 0) is 14.8 Å². The van der Waals surface area contributed by atoms with Gasteiger partial charge in [0.05, 0.1) is 18.5 Å². The summed E-state index contributed by atoms with van der Waals surface area (Å²) in [5, 5.41) is 2.83. The third-order valence-corrected chi connectivity index (χ3v) is 5.78. The number of hydrogen-bond acceptors (Lipinski definition) is 5. The van der Waals surface area contributed by atoms with Crippen molar-refractivity contribution in [2.75, 3.05) is 30.3 Å². The Morgan fingerprint density at radius 2 is 1.83 bits per heavy atom. The Bertz CT molecular complexity index is 944. The van der Waals surface area contributed by atoms with Gasteiger partial charge in [-0.2, -0.15) is 0 Å². The lowest BCUT2D eigenvalue weighted by Crippen LogP contribution is -2.41. The van der Waals surface area contributed by atoms with E-state index in [1.165, 1.54) is 10.6 Å². The van der Waals surface area contributed by atoms with Gasteiger partial charge in [-0.3, -0.25) is 9.10 Å². The second kappa shape index (κ2) is 9.17. The number of anilines is 1. The smallest absolute Gasteiger partial charge is 0.232 e. The van der Waals surface area contributed by atoms with Crippen molar-refractivity contribution in [2.45, 2.75) is 25.9 Å². The molecule has 0 radical (unpaired) electrons. The largest absolute Gasteiger partial charge is 0.486 e. The van der Waals surface area contributed by atoms with Gasteiger partial charge in [0.25, 0.3) is 0 Å². The zero-order chi connectivity index (χ0) is 20.9. The summed E-state index contributed by atoms with van der Waals surface area (Å²) in [6, 6.07) is 14.7. The Morgan fingerprint density at radius 1 is 1.14 bits per heavy atom. The maximum absolute atomic E-state index is 12.2. The van der Waals surface area contributed by atoms with Crippen LogP contribution in [0.5, 0.6) is 11.5 Å². The van der Waals surface area contributed by atoms with Crippen LogP contribution in [-0.4, -0.2) is 46.4 Å². The number of benzene rings is 2. The monoisotopic (exact) mass is 418 g/mol. The van der Waals surface area contributed by atoms with E-state index in [0.29, 0.717) is 36.8 Å². The first kappa shape index (κ1) is 21.0. The Morgan fingerprint density at radius 3 is 2.52 bits per heavy atom. The summed E-state index contributed by atoms with van der Waals surface area (Å²) in [6.07, 6.45) is 1.55. The lowest BCUT2D eigenvalue weighted by molar-refractivity contribution is -0.121. The molecule has 0 bridgehead atoms. The summed E-state index contributed by atoms with van der Waals surface area (Å²) < 4.78 is 37.0. The summed E-state index contributed by atoms with van der Waals surface area (Å²) in [6.45, 7) is 2.89. The molecule has 8 heteroatoms. The molecule has 0 aromatic heterocycles. The number of nitrogens with one attached hydrogen (secondary N) is 1. The minimum absolute atomic E-state index is 0.148. The van der Waals surface area contributed by atoms with Gasteiger partial charge in [0.1, 0.15) is 12.7 Å². The van der Waals surface area contributed by atoms with Crippen LogP contribution in [0.1, 0.15) is 18.4 Å². The van der Waals surface area contributed by atoms with Crippen molar-refractivity contribution in [3.63, 3.8) is 0 Å². The van der Waals surface area contributed by atoms with Crippen molar-refractivity contribution in [1.82, 2.24) is 5.32 Å². The number of carbonyl (C=O) groups is 1. The predicted octanol–water partition coefficient (Wildman–Crippen LogP) is 2.50. The molecule has 3 rings (SSSR count). The number of sulfonamides is 1. The highest BCUT2D eigenvalue weighted by Crippen LogP contribution is 2.30. The Labute approximate surface area is 171 Å². The first-order valence-corrected chi connectivity index (χ1v) is 11.4. The fourth-order valence-corrected chi connectivity index (χ4v) is 4.03. The molecule has 1 heterocycles. The predicted molar refractivity (Wildman–Crippen MR) is 112 cm³/mol. The molecule has 1 amide bonds. The second-order valence-corrected chi connectivity index (χ2v) is 8.98. The van der Waals surface area contributed by atoms with E-state index in [-0.39, 0.29) is 25.0 Å². The molecular weight excluding hydrogens is 392 g/mol. The highest BCUT2D eigenvalue weighted by atomic mass is 32.2. The average molecular weight is 419 g/mol. The quantitative estimate of drug-likeness (QED) is 0.712. The first-order valence-electron chi connectivity index (χ1n) is 9.52. The lowest BCUT2D eigenvalue weighted by Gasteiger charge is -2.26. The van der Waals surface area contributed by atoms with Crippen molar-refractivity contribution < 1.29 is 22.7 Å². The van der Waals surface area contributed by atoms with E-state index in [1.54, 1.807) is 12.1 Å². The van der Waals surface area contributed by atoms with Crippen molar-refractivity contribution in [2.24, 2.45) is 0 Å². The Kier molecular flexibility index (Phi) is 6.64. The van der Waals surface area contributed by atoms with Crippen molar-refractivity contribution in [3.8, 4) is 11.5 Å². The van der Waals surface area contributed by atoms with Gasteiger partial charge in [-0.05, 0) is 37.6 Å². The third kappa shape index (κ3) is 5.87. The fraction of sp³-hybridized carbons (Fsp3) is 0.381. The van der Waals surface area contributed by atoms with Crippen LogP contribution in [0.15, 0.2) is 48.5 Å². The zero-order valence-corrected chi connectivity index (χ0v) is 17.4. The topological polar surface area (TPSA) is 84.9 Å². The fourth-order valence-electron chi connectivity index (χ4n) is 3.06. The minimum atomic E-state index is -3.42. The summed E-state index contributed by atoms with van der Waals surface area (Å²) in [5.41, 5.74) is 1.66. The summed E-state index contributed by atoms with van der Waals surface area (Å²) in [4.78, 5) is 12.2. The van der Waals surface area contributed by atoms with Gasteiger partial charge < -0.3 is 14.8 Å². The molecule has 1 N–H and O–H groups in total. The molecule has 1 aliphatic rings. The summed E-state index contributed by atoms with van der Waals surface area (Å²) in [5.74, 6) is 1.22. The first-order chi connectivity index (χ1) is 13.8. The molecule has 156 valence electrons. The van der Waals surface area contributed by atoms with Gasteiger partial charge >= 0.3 is 0 Å². The number of aryl methyl sites for hydroxylation is 1. The van der Waals surface area contributed by atoms with Crippen LogP contribution in [0.3, 0.4) is 0 Å². The highest BCUT2D eigenvalue weighted by molar-refractivity contribution is 7.92. The van der Waals surface area contributed by atoms with Gasteiger partial charge in [-0.15, -0.1) is 0 Å². The van der Waals surface area contributed by atoms with Crippen molar-refractivity contribution >= 4 is 21.6 Å². The summed E-state index contributed by atoms with van der Waals surface area (Å²) in [7, 11) is -3.42.